The van der Waals surface area contributed by atoms with Gasteiger partial charge in [-0.2, -0.15) is 4.31 Å². The number of sulfonamides is 1. The van der Waals surface area contributed by atoms with E-state index in [4.69, 9.17) is 10.5 Å². The van der Waals surface area contributed by atoms with Crippen molar-refractivity contribution in [3.63, 3.8) is 0 Å². The molecular weight excluding hydrogens is 424 g/mol. The van der Waals surface area contributed by atoms with Gasteiger partial charge in [-0.3, -0.25) is 0 Å². The predicted octanol–water partition coefficient (Wildman–Crippen LogP) is 3.87. The van der Waals surface area contributed by atoms with Crippen molar-refractivity contribution in [1.29, 1.82) is 0 Å². The van der Waals surface area contributed by atoms with Gasteiger partial charge in [0.25, 0.3) is 0 Å². The highest BCUT2D eigenvalue weighted by Gasteiger charge is 2.37. The Kier molecular flexibility index (Phi) is 6.63. The lowest BCUT2D eigenvalue weighted by atomic mass is 9.83. The van der Waals surface area contributed by atoms with E-state index in [1.165, 1.54) is 0 Å². The molecule has 2 atom stereocenters. The molecule has 6 nitrogen and oxygen atoms in total. The minimum absolute atomic E-state index is 0.0704. The molecule has 4 rings (SSSR count). The van der Waals surface area contributed by atoms with Crippen molar-refractivity contribution in [3.8, 4) is 5.75 Å². The molecule has 0 saturated carbocycles. The van der Waals surface area contributed by atoms with Crippen LogP contribution in [0.5, 0.6) is 5.75 Å². The maximum atomic E-state index is 13.1. The summed E-state index contributed by atoms with van der Waals surface area (Å²) in [5, 5.41) is 10.6. The van der Waals surface area contributed by atoms with Gasteiger partial charge in [-0.25, -0.2) is 8.42 Å². The highest BCUT2D eigenvalue weighted by Crippen LogP contribution is 2.40. The number of benzene rings is 2. The third kappa shape index (κ3) is 4.31. The van der Waals surface area contributed by atoms with Gasteiger partial charge in [0, 0.05) is 31.6 Å². The minimum Gasteiger partial charge on any atom is -0.507 e. The molecule has 0 spiro atoms. The van der Waals surface area contributed by atoms with Crippen LogP contribution in [0.25, 0.3) is 0 Å². The van der Waals surface area contributed by atoms with Crippen molar-refractivity contribution in [2.75, 3.05) is 19.6 Å². The Labute approximate surface area is 191 Å². The molecule has 2 aliphatic heterocycles. The Hall–Kier alpha value is -1.93. The number of nitrogens with two attached hydrogens (primary N) is 1. The van der Waals surface area contributed by atoms with E-state index in [0.717, 1.165) is 35.1 Å². The lowest BCUT2D eigenvalue weighted by molar-refractivity contribution is -0.0612. The van der Waals surface area contributed by atoms with E-state index < -0.39 is 10.0 Å². The molecule has 2 aromatic rings. The summed E-state index contributed by atoms with van der Waals surface area (Å²) < 4.78 is 34.2. The normalized spacial score (nSPS) is 22.8. The number of piperidine rings is 1. The fourth-order valence-electron chi connectivity index (χ4n) is 4.94. The quantitative estimate of drug-likeness (QED) is 0.710. The lowest BCUT2D eigenvalue weighted by Crippen LogP contribution is -2.44. The highest BCUT2D eigenvalue weighted by atomic mass is 32.2. The van der Waals surface area contributed by atoms with Crippen LogP contribution in [0.2, 0.25) is 0 Å². The molecular formula is C25H34N2O4S. The zero-order chi connectivity index (χ0) is 23.0. The summed E-state index contributed by atoms with van der Waals surface area (Å²) >= 11 is 0. The zero-order valence-electron chi connectivity index (χ0n) is 19.1. The second kappa shape index (κ2) is 9.14. The Balaban J connectivity index is 1.46. The summed E-state index contributed by atoms with van der Waals surface area (Å²) in [6.07, 6.45) is 1.78. The van der Waals surface area contributed by atoms with Crippen molar-refractivity contribution in [2.24, 2.45) is 11.7 Å². The van der Waals surface area contributed by atoms with Crippen molar-refractivity contribution < 1.29 is 18.3 Å². The monoisotopic (exact) mass is 458 g/mol. The van der Waals surface area contributed by atoms with Gasteiger partial charge >= 0.3 is 0 Å². The zero-order valence-corrected chi connectivity index (χ0v) is 19.9. The maximum absolute atomic E-state index is 13.1. The number of aryl methyl sites for hydroxylation is 1. The van der Waals surface area contributed by atoms with E-state index in [2.05, 4.69) is 13.8 Å². The first-order valence-electron chi connectivity index (χ1n) is 11.5. The summed E-state index contributed by atoms with van der Waals surface area (Å²) in [6.45, 7) is 7.38. The molecule has 7 heteroatoms. The van der Waals surface area contributed by atoms with Crippen LogP contribution in [-0.2, 0) is 21.2 Å². The third-order valence-corrected chi connectivity index (χ3v) is 8.95. The van der Waals surface area contributed by atoms with Crippen LogP contribution in [0.4, 0.5) is 0 Å². The van der Waals surface area contributed by atoms with Gasteiger partial charge in [0.05, 0.1) is 17.1 Å². The standard InChI is InChI=1S/C25H34N2O4S/c1-16(2)18-5-7-20(8-6-18)32(29,30)27-12-10-19(11-13-27)23-14-22-21(24(15-26)31-23)9-4-17(3)25(22)28/h4-9,16,19,23-24,28H,10-15,26H2,1-3H3/t23-,24-/m0/s1. The number of fused-ring (bicyclic) bond motifs is 1. The van der Waals surface area contributed by atoms with Gasteiger partial charge in [-0.05, 0) is 60.4 Å². The summed E-state index contributed by atoms with van der Waals surface area (Å²) in [4.78, 5) is 0.354. The Morgan fingerprint density at radius 3 is 2.38 bits per heavy atom. The van der Waals surface area contributed by atoms with Gasteiger partial charge < -0.3 is 15.6 Å². The fraction of sp³-hybridized carbons (Fsp3) is 0.520. The molecule has 3 N–H and O–H groups in total. The first kappa shape index (κ1) is 23.2. The first-order valence-corrected chi connectivity index (χ1v) is 12.9. The summed E-state index contributed by atoms with van der Waals surface area (Å²) in [6, 6.07) is 11.1. The third-order valence-electron chi connectivity index (χ3n) is 7.03. The number of hydrogen-bond acceptors (Lipinski definition) is 5. The number of hydrogen-bond donors (Lipinski definition) is 2. The van der Waals surface area contributed by atoms with Gasteiger partial charge in [0.2, 0.25) is 10.0 Å². The molecule has 0 amide bonds. The molecule has 0 unspecified atom stereocenters. The molecule has 0 aliphatic carbocycles. The van der Waals surface area contributed by atoms with Crippen LogP contribution in [0.3, 0.4) is 0 Å². The largest absolute Gasteiger partial charge is 0.507 e. The van der Waals surface area contributed by atoms with Crippen LogP contribution in [-0.4, -0.2) is 43.6 Å². The average Bonchev–Trinajstić information content (AvgIpc) is 2.81. The highest BCUT2D eigenvalue weighted by molar-refractivity contribution is 7.89. The Morgan fingerprint density at radius 1 is 1.12 bits per heavy atom. The molecule has 0 radical (unpaired) electrons. The van der Waals surface area contributed by atoms with Gasteiger partial charge in [-0.1, -0.05) is 38.1 Å². The minimum atomic E-state index is -3.50. The number of phenolic OH excluding ortho intramolecular Hbond substituents is 1. The van der Waals surface area contributed by atoms with Gasteiger partial charge in [-0.15, -0.1) is 0 Å². The predicted molar refractivity (Wildman–Crippen MR) is 125 cm³/mol. The number of ether oxygens (including phenoxy) is 1. The molecule has 0 bridgehead atoms. The molecule has 1 saturated heterocycles. The second-order valence-electron chi connectivity index (χ2n) is 9.37. The fourth-order valence-corrected chi connectivity index (χ4v) is 6.41. The molecule has 2 aliphatic rings. The van der Waals surface area contributed by atoms with Crippen LogP contribution < -0.4 is 5.73 Å². The number of phenols is 1. The van der Waals surface area contributed by atoms with E-state index in [-0.39, 0.29) is 18.1 Å². The molecule has 32 heavy (non-hydrogen) atoms. The SMILES string of the molecule is Cc1ccc2c(c1O)C[C@@H](C1CCN(S(=O)(=O)c3ccc(C(C)C)cc3)CC1)O[C@H]2CN. The van der Waals surface area contributed by atoms with Crippen molar-refractivity contribution in [2.45, 2.75) is 63.1 Å². The first-order chi connectivity index (χ1) is 15.2. The summed E-state index contributed by atoms with van der Waals surface area (Å²) in [7, 11) is -3.50. The number of rotatable bonds is 5. The van der Waals surface area contributed by atoms with Gasteiger partial charge in [0.15, 0.2) is 0 Å². The summed E-state index contributed by atoms with van der Waals surface area (Å²) in [5.41, 5.74) is 9.85. The van der Waals surface area contributed by atoms with Crippen molar-refractivity contribution in [1.82, 2.24) is 4.31 Å². The van der Waals surface area contributed by atoms with E-state index in [1.54, 1.807) is 16.4 Å². The van der Waals surface area contributed by atoms with Crippen LogP contribution >= 0.6 is 0 Å². The van der Waals surface area contributed by atoms with Crippen molar-refractivity contribution in [3.05, 3.63) is 58.7 Å². The Bertz CT molecular complexity index is 1060. The molecule has 2 aromatic carbocycles. The van der Waals surface area contributed by atoms with Gasteiger partial charge in [0.1, 0.15) is 5.75 Å². The molecule has 174 valence electrons. The number of aromatic hydroxyl groups is 1. The van der Waals surface area contributed by atoms with Crippen LogP contribution in [0.1, 0.15) is 61.0 Å². The topological polar surface area (TPSA) is 92.9 Å². The van der Waals surface area contributed by atoms with E-state index in [0.29, 0.717) is 42.6 Å². The van der Waals surface area contributed by atoms with Crippen molar-refractivity contribution >= 4 is 10.0 Å². The van der Waals surface area contributed by atoms with Crippen LogP contribution in [0.15, 0.2) is 41.3 Å². The Morgan fingerprint density at radius 2 is 1.78 bits per heavy atom. The number of nitrogens with zero attached hydrogens (tertiary/aromatic N) is 1. The second-order valence-corrected chi connectivity index (χ2v) is 11.3. The lowest BCUT2D eigenvalue weighted by Gasteiger charge is -2.40. The van der Waals surface area contributed by atoms with E-state index >= 15 is 0 Å². The van der Waals surface area contributed by atoms with E-state index in [9.17, 15) is 13.5 Å². The van der Waals surface area contributed by atoms with Crippen LogP contribution in [0, 0.1) is 12.8 Å². The smallest absolute Gasteiger partial charge is 0.243 e. The molecule has 2 heterocycles. The molecule has 0 aromatic heterocycles. The summed E-state index contributed by atoms with van der Waals surface area (Å²) in [5.74, 6) is 0.926. The van der Waals surface area contributed by atoms with E-state index in [1.807, 2.05) is 31.2 Å². The average molecular weight is 459 g/mol. The maximum Gasteiger partial charge on any atom is 0.243 e. The molecule has 1 fully saturated rings.